The van der Waals surface area contributed by atoms with Gasteiger partial charge in [0.2, 0.25) is 0 Å². The third kappa shape index (κ3) is 3.28. The molecule has 0 radical (unpaired) electrons. The molecule has 0 aliphatic carbocycles. The van der Waals surface area contributed by atoms with E-state index in [1.165, 1.54) is 5.56 Å². The molecule has 0 heterocycles. The Morgan fingerprint density at radius 3 is 2.26 bits per heavy atom. The summed E-state index contributed by atoms with van der Waals surface area (Å²) in [6, 6.07) is 16.4. The molecule has 0 aliphatic heterocycles. The van der Waals surface area contributed by atoms with Crippen LogP contribution in [0.15, 0.2) is 48.5 Å². The van der Waals surface area contributed by atoms with E-state index in [0.29, 0.717) is 11.7 Å². The van der Waals surface area contributed by atoms with Crippen LogP contribution in [-0.4, -0.2) is 5.11 Å². The van der Waals surface area contributed by atoms with Gasteiger partial charge in [-0.15, -0.1) is 0 Å². The lowest BCUT2D eigenvalue weighted by Gasteiger charge is -2.24. The summed E-state index contributed by atoms with van der Waals surface area (Å²) in [5.41, 5.74) is 3.21. The molecule has 100 valence electrons. The van der Waals surface area contributed by atoms with Crippen LogP contribution in [-0.2, 0) is 0 Å². The van der Waals surface area contributed by atoms with Gasteiger partial charge >= 0.3 is 0 Å². The molecule has 0 saturated carbocycles. The van der Waals surface area contributed by atoms with Crippen molar-refractivity contribution in [2.24, 2.45) is 5.92 Å². The van der Waals surface area contributed by atoms with Crippen molar-refractivity contribution in [1.82, 2.24) is 0 Å². The maximum absolute atomic E-state index is 9.58. The molecule has 0 amide bonds. The van der Waals surface area contributed by atoms with E-state index in [2.05, 4.69) is 43.4 Å². The quantitative estimate of drug-likeness (QED) is 0.788. The number of aryl methyl sites for hydroxylation is 1. The van der Waals surface area contributed by atoms with Gasteiger partial charge in [-0.05, 0) is 42.2 Å². The normalized spacial score (nSPS) is 12.4. The topological polar surface area (TPSA) is 32.3 Å². The first-order valence-electron chi connectivity index (χ1n) is 6.69. The van der Waals surface area contributed by atoms with Crippen LogP contribution in [0.5, 0.6) is 5.75 Å². The zero-order chi connectivity index (χ0) is 13.8. The number of hydrogen-bond donors (Lipinski definition) is 2. The molecule has 0 aromatic heterocycles. The summed E-state index contributed by atoms with van der Waals surface area (Å²) >= 11 is 0. The highest BCUT2D eigenvalue weighted by Gasteiger charge is 2.15. The molecule has 2 nitrogen and oxygen atoms in total. The number of phenolic OH excluding ortho intramolecular Hbond substituents is 1. The molecule has 19 heavy (non-hydrogen) atoms. The lowest BCUT2D eigenvalue weighted by Crippen LogP contribution is -2.16. The predicted octanol–water partition coefficient (Wildman–Crippen LogP) is 4.51. The molecule has 2 N–H and O–H groups in total. The van der Waals surface area contributed by atoms with E-state index in [-0.39, 0.29) is 6.04 Å². The van der Waals surface area contributed by atoms with E-state index < -0.39 is 0 Å². The molecule has 0 spiro atoms. The molecule has 0 saturated heterocycles. The van der Waals surface area contributed by atoms with Gasteiger partial charge in [-0.25, -0.2) is 0 Å². The van der Waals surface area contributed by atoms with Crippen molar-refractivity contribution in [3.63, 3.8) is 0 Å². The van der Waals surface area contributed by atoms with Gasteiger partial charge in [-0.1, -0.05) is 44.2 Å². The van der Waals surface area contributed by atoms with E-state index in [0.717, 1.165) is 11.3 Å². The number of aromatic hydroxyl groups is 1. The van der Waals surface area contributed by atoms with Crippen LogP contribution >= 0.6 is 0 Å². The van der Waals surface area contributed by atoms with E-state index in [4.69, 9.17) is 0 Å². The summed E-state index contributed by atoms with van der Waals surface area (Å²) in [4.78, 5) is 0. The van der Waals surface area contributed by atoms with E-state index in [9.17, 15) is 5.11 Å². The van der Waals surface area contributed by atoms with Crippen molar-refractivity contribution < 1.29 is 5.11 Å². The summed E-state index contributed by atoms with van der Waals surface area (Å²) in [5, 5.41) is 13.1. The van der Waals surface area contributed by atoms with Gasteiger partial charge in [0, 0.05) is 5.69 Å². The van der Waals surface area contributed by atoms with Crippen molar-refractivity contribution in [2.75, 3.05) is 5.32 Å². The zero-order valence-corrected chi connectivity index (χ0v) is 11.7. The third-order valence-electron chi connectivity index (χ3n) is 3.34. The van der Waals surface area contributed by atoms with Crippen LogP contribution in [0.3, 0.4) is 0 Å². The minimum Gasteiger partial charge on any atom is -0.508 e. The Morgan fingerprint density at radius 1 is 1.00 bits per heavy atom. The number of anilines is 1. The van der Waals surface area contributed by atoms with Gasteiger partial charge in [0.05, 0.1) is 6.04 Å². The van der Waals surface area contributed by atoms with Crippen LogP contribution < -0.4 is 5.32 Å². The fourth-order valence-electron chi connectivity index (χ4n) is 2.22. The Labute approximate surface area is 115 Å². The maximum atomic E-state index is 9.58. The van der Waals surface area contributed by atoms with Crippen LogP contribution in [0, 0.1) is 12.8 Å². The average molecular weight is 255 g/mol. The largest absolute Gasteiger partial charge is 0.508 e. The van der Waals surface area contributed by atoms with E-state index in [1.807, 2.05) is 25.1 Å². The Hall–Kier alpha value is -1.96. The fraction of sp³-hybridized carbons (Fsp3) is 0.294. The van der Waals surface area contributed by atoms with Crippen LogP contribution in [0.2, 0.25) is 0 Å². The van der Waals surface area contributed by atoms with Crippen LogP contribution in [0.25, 0.3) is 0 Å². The maximum Gasteiger partial charge on any atom is 0.118 e. The Balaban J connectivity index is 2.24. The van der Waals surface area contributed by atoms with Gasteiger partial charge in [-0.3, -0.25) is 0 Å². The van der Waals surface area contributed by atoms with Crippen molar-refractivity contribution >= 4 is 5.69 Å². The Bertz CT molecular complexity index is 534. The molecule has 0 bridgehead atoms. The summed E-state index contributed by atoms with van der Waals surface area (Å²) < 4.78 is 0. The molecule has 2 rings (SSSR count). The van der Waals surface area contributed by atoms with Gasteiger partial charge in [0.15, 0.2) is 0 Å². The molecule has 1 atom stereocenters. The number of benzene rings is 2. The van der Waals surface area contributed by atoms with Crippen molar-refractivity contribution in [3.05, 3.63) is 59.7 Å². The molecule has 0 aliphatic rings. The standard InChI is InChI=1S/C17H21NO/c1-12(2)17(14-7-5-4-6-8-14)18-15-9-10-16(19)13(3)11-15/h4-12,17-19H,1-3H3. The lowest BCUT2D eigenvalue weighted by atomic mass is 9.95. The van der Waals surface area contributed by atoms with Crippen LogP contribution in [0.1, 0.15) is 31.0 Å². The second-order valence-electron chi connectivity index (χ2n) is 5.28. The Morgan fingerprint density at radius 2 is 1.68 bits per heavy atom. The Kier molecular flexibility index (Phi) is 4.10. The summed E-state index contributed by atoms with van der Waals surface area (Å²) in [6.45, 7) is 6.32. The van der Waals surface area contributed by atoms with Gasteiger partial charge < -0.3 is 10.4 Å². The van der Waals surface area contributed by atoms with Crippen molar-refractivity contribution in [1.29, 1.82) is 0 Å². The number of phenols is 1. The first kappa shape index (κ1) is 13.5. The minimum absolute atomic E-state index is 0.269. The summed E-state index contributed by atoms with van der Waals surface area (Å²) in [7, 11) is 0. The molecular weight excluding hydrogens is 234 g/mol. The first-order chi connectivity index (χ1) is 9.08. The molecule has 1 unspecified atom stereocenters. The summed E-state index contributed by atoms with van der Waals surface area (Å²) in [6.07, 6.45) is 0. The molecule has 2 aromatic rings. The van der Waals surface area contributed by atoms with Crippen molar-refractivity contribution in [3.8, 4) is 5.75 Å². The second kappa shape index (κ2) is 5.79. The highest BCUT2D eigenvalue weighted by atomic mass is 16.3. The molecule has 2 aromatic carbocycles. The highest BCUT2D eigenvalue weighted by molar-refractivity contribution is 5.51. The molecule has 0 fully saturated rings. The van der Waals surface area contributed by atoms with E-state index in [1.54, 1.807) is 6.07 Å². The number of hydrogen-bond acceptors (Lipinski definition) is 2. The first-order valence-corrected chi connectivity index (χ1v) is 6.69. The smallest absolute Gasteiger partial charge is 0.118 e. The molecular formula is C17H21NO. The van der Waals surface area contributed by atoms with Gasteiger partial charge in [-0.2, -0.15) is 0 Å². The average Bonchev–Trinajstić information content (AvgIpc) is 2.40. The third-order valence-corrected chi connectivity index (χ3v) is 3.34. The zero-order valence-electron chi connectivity index (χ0n) is 11.7. The number of nitrogens with one attached hydrogen (secondary N) is 1. The second-order valence-corrected chi connectivity index (χ2v) is 5.28. The minimum atomic E-state index is 0.269. The van der Waals surface area contributed by atoms with Crippen LogP contribution in [0.4, 0.5) is 5.69 Å². The van der Waals surface area contributed by atoms with Gasteiger partial charge in [0.1, 0.15) is 5.75 Å². The summed E-state index contributed by atoms with van der Waals surface area (Å²) in [5.74, 6) is 0.822. The highest BCUT2D eigenvalue weighted by Crippen LogP contribution is 2.28. The van der Waals surface area contributed by atoms with E-state index >= 15 is 0 Å². The monoisotopic (exact) mass is 255 g/mol. The lowest BCUT2D eigenvalue weighted by molar-refractivity contribution is 0.471. The molecule has 2 heteroatoms. The van der Waals surface area contributed by atoms with Gasteiger partial charge in [0.25, 0.3) is 0 Å². The SMILES string of the molecule is Cc1cc(NC(c2ccccc2)C(C)C)ccc1O. The fourth-order valence-corrected chi connectivity index (χ4v) is 2.22. The van der Waals surface area contributed by atoms with Crippen molar-refractivity contribution in [2.45, 2.75) is 26.8 Å². The predicted molar refractivity (Wildman–Crippen MR) is 80.5 cm³/mol. The number of rotatable bonds is 4.